The maximum absolute atomic E-state index is 10.5. The molecular formula is C10H11ClO3. The monoisotopic (exact) mass is 214 g/mol. The lowest BCUT2D eigenvalue weighted by Crippen LogP contribution is -2.03. The number of aliphatic carboxylic acids is 1. The molecule has 1 aromatic rings. The van der Waals surface area contributed by atoms with Crippen LogP contribution in [0.1, 0.15) is 16.7 Å². The molecule has 0 amide bonds. The molecule has 1 rings (SSSR count). The van der Waals surface area contributed by atoms with Crippen molar-refractivity contribution in [2.24, 2.45) is 0 Å². The Bertz CT molecular complexity index is 385. The van der Waals surface area contributed by atoms with Gasteiger partial charge in [0, 0.05) is 5.56 Å². The molecule has 0 bridgehead atoms. The second kappa shape index (κ2) is 3.88. The number of rotatable bonds is 2. The van der Waals surface area contributed by atoms with Gasteiger partial charge in [-0.2, -0.15) is 0 Å². The van der Waals surface area contributed by atoms with Gasteiger partial charge in [-0.25, -0.2) is 0 Å². The van der Waals surface area contributed by atoms with E-state index >= 15 is 0 Å². The maximum Gasteiger partial charge on any atom is 0.307 e. The smallest absolute Gasteiger partial charge is 0.307 e. The predicted molar refractivity (Wildman–Crippen MR) is 53.9 cm³/mol. The summed E-state index contributed by atoms with van der Waals surface area (Å²) in [5, 5.41) is 18.5. The summed E-state index contributed by atoms with van der Waals surface area (Å²) in [6.45, 7) is 3.51. The van der Waals surface area contributed by atoms with Gasteiger partial charge in [0.1, 0.15) is 5.75 Å². The number of aryl methyl sites for hydroxylation is 2. The molecule has 2 N–H and O–H groups in total. The van der Waals surface area contributed by atoms with Gasteiger partial charge in [-0.1, -0.05) is 17.7 Å². The fourth-order valence-corrected chi connectivity index (χ4v) is 1.52. The quantitative estimate of drug-likeness (QED) is 0.794. The minimum absolute atomic E-state index is 0.119. The molecule has 0 heterocycles. The van der Waals surface area contributed by atoms with Crippen LogP contribution >= 0.6 is 11.6 Å². The van der Waals surface area contributed by atoms with E-state index in [9.17, 15) is 9.90 Å². The highest BCUT2D eigenvalue weighted by molar-refractivity contribution is 6.33. The zero-order valence-electron chi connectivity index (χ0n) is 7.97. The number of benzene rings is 1. The van der Waals surface area contributed by atoms with Gasteiger partial charge in [-0.3, -0.25) is 4.79 Å². The highest BCUT2D eigenvalue weighted by Gasteiger charge is 2.14. The van der Waals surface area contributed by atoms with Gasteiger partial charge >= 0.3 is 5.97 Å². The van der Waals surface area contributed by atoms with E-state index in [0.717, 1.165) is 11.1 Å². The second-order valence-corrected chi connectivity index (χ2v) is 3.60. The average Bonchev–Trinajstić information content (AvgIpc) is 2.09. The largest absolute Gasteiger partial charge is 0.506 e. The van der Waals surface area contributed by atoms with Crippen molar-refractivity contribution in [2.45, 2.75) is 20.3 Å². The second-order valence-electron chi connectivity index (χ2n) is 3.22. The number of aromatic hydroxyl groups is 1. The van der Waals surface area contributed by atoms with Gasteiger partial charge in [-0.05, 0) is 25.0 Å². The molecule has 14 heavy (non-hydrogen) atoms. The van der Waals surface area contributed by atoms with Gasteiger partial charge in [0.15, 0.2) is 0 Å². The molecule has 1 aromatic carbocycles. The van der Waals surface area contributed by atoms with Crippen LogP contribution in [0.25, 0.3) is 0 Å². The Balaban J connectivity index is 3.29. The number of carboxylic acids is 1. The van der Waals surface area contributed by atoms with Crippen molar-refractivity contribution in [3.63, 3.8) is 0 Å². The number of carbonyl (C=O) groups is 1. The minimum Gasteiger partial charge on any atom is -0.506 e. The highest BCUT2D eigenvalue weighted by atomic mass is 35.5. The topological polar surface area (TPSA) is 57.5 Å². The van der Waals surface area contributed by atoms with Crippen molar-refractivity contribution in [3.05, 3.63) is 27.8 Å². The van der Waals surface area contributed by atoms with Crippen molar-refractivity contribution in [1.82, 2.24) is 0 Å². The Morgan fingerprint density at radius 3 is 2.50 bits per heavy atom. The fourth-order valence-electron chi connectivity index (χ4n) is 1.36. The summed E-state index contributed by atoms with van der Waals surface area (Å²) in [4.78, 5) is 10.5. The summed E-state index contributed by atoms with van der Waals surface area (Å²) in [7, 11) is 0. The molecule has 0 aliphatic rings. The molecule has 0 aliphatic carbocycles. The van der Waals surface area contributed by atoms with Crippen molar-refractivity contribution in [2.75, 3.05) is 0 Å². The first-order chi connectivity index (χ1) is 6.43. The Morgan fingerprint density at radius 2 is 2.00 bits per heavy atom. The van der Waals surface area contributed by atoms with Crippen molar-refractivity contribution in [3.8, 4) is 5.75 Å². The highest BCUT2D eigenvalue weighted by Crippen LogP contribution is 2.33. The Morgan fingerprint density at radius 1 is 1.43 bits per heavy atom. The van der Waals surface area contributed by atoms with Crippen molar-refractivity contribution in [1.29, 1.82) is 0 Å². The SMILES string of the molecule is Cc1cc(C)c(CC(=O)O)c(O)c1Cl. The van der Waals surface area contributed by atoms with E-state index in [4.69, 9.17) is 16.7 Å². The molecule has 0 fully saturated rings. The van der Waals surface area contributed by atoms with E-state index in [0.29, 0.717) is 5.56 Å². The van der Waals surface area contributed by atoms with Gasteiger partial charge < -0.3 is 10.2 Å². The Labute approximate surface area is 86.9 Å². The number of phenols is 1. The number of halogens is 1. The fraction of sp³-hybridized carbons (Fsp3) is 0.300. The third kappa shape index (κ3) is 1.99. The predicted octanol–water partition coefficient (Wildman–Crippen LogP) is 2.29. The van der Waals surface area contributed by atoms with Crippen LogP contribution in [0.2, 0.25) is 5.02 Å². The van der Waals surface area contributed by atoms with Crippen LogP contribution < -0.4 is 0 Å². The molecule has 0 spiro atoms. The first kappa shape index (κ1) is 10.9. The molecule has 0 saturated heterocycles. The Kier molecular flexibility index (Phi) is 3.01. The standard InChI is InChI=1S/C10H11ClO3/c1-5-3-6(2)9(11)10(14)7(5)4-8(12)13/h3,14H,4H2,1-2H3,(H,12,13). The Hall–Kier alpha value is -1.22. The van der Waals surface area contributed by atoms with E-state index in [1.807, 2.05) is 0 Å². The van der Waals surface area contributed by atoms with E-state index in [2.05, 4.69) is 0 Å². The van der Waals surface area contributed by atoms with Gasteiger partial charge in [0.25, 0.3) is 0 Å². The van der Waals surface area contributed by atoms with E-state index < -0.39 is 5.97 Å². The lowest BCUT2D eigenvalue weighted by Gasteiger charge is -2.10. The van der Waals surface area contributed by atoms with E-state index in [1.165, 1.54) is 0 Å². The number of carboxylic acid groups (broad SMARTS) is 1. The number of phenolic OH excluding ortho intramolecular Hbond substituents is 1. The molecule has 4 heteroatoms. The molecule has 0 saturated carbocycles. The first-order valence-corrected chi connectivity index (χ1v) is 4.50. The van der Waals surface area contributed by atoms with Crippen LogP contribution in [0.5, 0.6) is 5.75 Å². The van der Waals surface area contributed by atoms with Gasteiger partial charge in [-0.15, -0.1) is 0 Å². The summed E-state index contributed by atoms with van der Waals surface area (Å²) < 4.78 is 0. The summed E-state index contributed by atoms with van der Waals surface area (Å²) in [5.74, 6) is -1.10. The molecule has 3 nitrogen and oxygen atoms in total. The molecule has 0 unspecified atom stereocenters. The van der Waals surface area contributed by atoms with E-state index in [-0.39, 0.29) is 17.2 Å². The van der Waals surface area contributed by atoms with Gasteiger partial charge in [0.2, 0.25) is 0 Å². The van der Waals surface area contributed by atoms with Crippen LogP contribution in [-0.2, 0) is 11.2 Å². The van der Waals surface area contributed by atoms with Crippen LogP contribution in [-0.4, -0.2) is 16.2 Å². The van der Waals surface area contributed by atoms with E-state index in [1.54, 1.807) is 19.9 Å². The van der Waals surface area contributed by atoms with Gasteiger partial charge in [0.05, 0.1) is 11.4 Å². The molecule has 0 aromatic heterocycles. The summed E-state index contributed by atoms with van der Waals surface area (Å²) in [5.41, 5.74) is 1.87. The third-order valence-electron chi connectivity index (χ3n) is 2.08. The number of hydrogen-bond donors (Lipinski definition) is 2. The lowest BCUT2D eigenvalue weighted by atomic mass is 10.0. The van der Waals surface area contributed by atoms with Crippen LogP contribution in [0.4, 0.5) is 0 Å². The number of hydrogen-bond acceptors (Lipinski definition) is 2. The maximum atomic E-state index is 10.5. The van der Waals surface area contributed by atoms with Crippen LogP contribution in [0, 0.1) is 13.8 Å². The molecule has 0 aliphatic heterocycles. The summed E-state index contributed by atoms with van der Waals surface area (Å²) >= 11 is 5.80. The summed E-state index contributed by atoms with van der Waals surface area (Å²) in [6, 6.07) is 1.76. The molecule has 0 atom stereocenters. The zero-order valence-corrected chi connectivity index (χ0v) is 8.72. The average molecular weight is 215 g/mol. The molecule has 76 valence electrons. The molecule has 0 radical (unpaired) electrons. The first-order valence-electron chi connectivity index (χ1n) is 4.12. The zero-order chi connectivity index (χ0) is 10.9. The molecular weight excluding hydrogens is 204 g/mol. The van der Waals surface area contributed by atoms with Crippen LogP contribution in [0.15, 0.2) is 6.07 Å². The van der Waals surface area contributed by atoms with Crippen molar-refractivity contribution < 1.29 is 15.0 Å². The third-order valence-corrected chi connectivity index (χ3v) is 2.55. The summed E-state index contributed by atoms with van der Waals surface area (Å²) in [6.07, 6.45) is -0.211. The minimum atomic E-state index is -0.983. The normalized spacial score (nSPS) is 10.2. The van der Waals surface area contributed by atoms with Crippen LogP contribution in [0.3, 0.4) is 0 Å². The lowest BCUT2D eigenvalue weighted by molar-refractivity contribution is -0.136. The van der Waals surface area contributed by atoms with Crippen molar-refractivity contribution >= 4 is 17.6 Å².